The van der Waals surface area contributed by atoms with Crippen LogP contribution in [0.3, 0.4) is 0 Å². The zero-order valence-corrected chi connectivity index (χ0v) is 8.17. The van der Waals surface area contributed by atoms with Crippen LogP contribution in [0.25, 0.3) is 0 Å². The zero-order chi connectivity index (χ0) is 10.3. The largest absolute Gasteiger partial charge is 0.481 e. The number of carboxylic acid groups (broad SMARTS) is 1. The number of terminal acetylenes is 1. The summed E-state index contributed by atoms with van der Waals surface area (Å²) >= 11 is 0. The third-order valence-electron chi connectivity index (χ3n) is 1.60. The first-order chi connectivity index (χ1) is 5.98. The number of rotatable bonds is 6. The summed E-state index contributed by atoms with van der Waals surface area (Å²) in [7, 11) is 0. The van der Waals surface area contributed by atoms with Gasteiger partial charge in [0.2, 0.25) is 0 Å². The van der Waals surface area contributed by atoms with Gasteiger partial charge in [0.1, 0.15) is 5.60 Å². The SMILES string of the molecule is C#CC(C)(C)OCCCCC(=O)O. The lowest BCUT2D eigenvalue weighted by Crippen LogP contribution is -2.22. The first-order valence-corrected chi connectivity index (χ1v) is 4.31. The molecule has 0 aliphatic rings. The van der Waals surface area contributed by atoms with E-state index in [1.165, 1.54) is 0 Å². The summed E-state index contributed by atoms with van der Waals surface area (Å²) in [5.41, 5.74) is -0.538. The highest BCUT2D eigenvalue weighted by molar-refractivity contribution is 5.66. The third-order valence-corrected chi connectivity index (χ3v) is 1.60. The number of aliphatic carboxylic acids is 1. The molecule has 0 fully saturated rings. The first kappa shape index (κ1) is 12.0. The van der Waals surface area contributed by atoms with Gasteiger partial charge in [-0.3, -0.25) is 4.79 Å². The Morgan fingerprint density at radius 1 is 1.54 bits per heavy atom. The number of hydrogen-bond acceptors (Lipinski definition) is 2. The molecule has 74 valence electrons. The Labute approximate surface area is 79.1 Å². The molecule has 0 saturated carbocycles. The standard InChI is InChI=1S/C10H16O3/c1-4-10(2,3)13-8-6-5-7-9(11)12/h1H,5-8H2,2-3H3,(H,11,12). The van der Waals surface area contributed by atoms with Gasteiger partial charge in [0.25, 0.3) is 0 Å². The van der Waals surface area contributed by atoms with Crippen molar-refractivity contribution >= 4 is 5.97 Å². The van der Waals surface area contributed by atoms with Crippen LogP contribution in [0, 0.1) is 12.3 Å². The van der Waals surface area contributed by atoms with Crippen LogP contribution in [0.1, 0.15) is 33.1 Å². The van der Waals surface area contributed by atoms with Gasteiger partial charge in [0.15, 0.2) is 0 Å². The van der Waals surface area contributed by atoms with E-state index in [0.717, 1.165) is 6.42 Å². The maximum atomic E-state index is 10.1. The quantitative estimate of drug-likeness (QED) is 0.504. The molecule has 0 spiro atoms. The van der Waals surface area contributed by atoms with Crippen molar-refractivity contribution in [1.82, 2.24) is 0 Å². The summed E-state index contributed by atoms with van der Waals surface area (Å²) in [6.07, 6.45) is 6.76. The molecule has 3 nitrogen and oxygen atoms in total. The van der Waals surface area contributed by atoms with Crippen LogP contribution >= 0.6 is 0 Å². The van der Waals surface area contributed by atoms with E-state index in [0.29, 0.717) is 13.0 Å². The van der Waals surface area contributed by atoms with Gasteiger partial charge in [0.05, 0.1) is 0 Å². The van der Waals surface area contributed by atoms with Gasteiger partial charge >= 0.3 is 5.97 Å². The Morgan fingerprint density at radius 3 is 2.62 bits per heavy atom. The maximum Gasteiger partial charge on any atom is 0.303 e. The molecule has 0 aromatic rings. The second-order valence-electron chi connectivity index (χ2n) is 3.35. The summed E-state index contributed by atoms with van der Waals surface area (Å²) in [6, 6.07) is 0. The molecule has 0 aliphatic heterocycles. The van der Waals surface area contributed by atoms with Gasteiger partial charge in [-0.1, -0.05) is 5.92 Å². The van der Waals surface area contributed by atoms with Crippen LogP contribution in [-0.2, 0) is 9.53 Å². The number of hydrogen-bond donors (Lipinski definition) is 1. The molecule has 0 aliphatic carbocycles. The van der Waals surface area contributed by atoms with Crippen LogP contribution in [0.5, 0.6) is 0 Å². The minimum absolute atomic E-state index is 0.194. The fourth-order valence-corrected chi connectivity index (χ4v) is 0.747. The van der Waals surface area contributed by atoms with Crippen molar-refractivity contribution in [3.8, 4) is 12.3 Å². The predicted molar refractivity (Wildman–Crippen MR) is 50.4 cm³/mol. The predicted octanol–water partition coefficient (Wildman–Crippen LogP) is 1.67. The number of carboxylic acids is 1. The van der Waals surface area contributed by atoms with E-state index < -0.39 is 11.6 Å². The van der Waals surface area contributed by atoms with Crippen LogP contribution in [0.2, 0.25) is 0 Å². The molecule has 0 unspecified atom stereocenters. The smallest absolute Gasteiger partial charge is 0.303 e. The molecular formula is C10H16O3. The molecule has 0 rings (SSSR count). The number of unbranched alkanes of at least 4 members (excludes halogenated alkanes) is 1. The molecule has 0 atom stereocenters. The van der Waals surface area contributed by atoms with E-state index in [1.54, 1.807) is 0 Å². The average Bonchev–Trinajstić information content (AvgIpc) is 2.03. The second-order valence-corrected chi connectivity index (χ2v) is 3.35. The van der Waals surface area contributed by atoms with Crippen LogP contribution in [0.15, 0.2) is 0 Å². The van der Waals surface area contributed by atoms with E-state index >= 15 is 0 Å². The van der Waals surface area contributed by atoms with Crippen molar-refractivity contribution in [2.24, 2.45) is 0 Å². The summed E-state index contributed by atoms with van der Waals surface area (Å²) in [5.74, 6) is 1.74. The molecule has 13 heavy (non-hydrogen) atoms. The van der Waals surface area contributed by atoms with Gasteiger partial charge < -0.3 is 9.84 Å². The summed E-state index contributed by atoms with van der Waals surface area (Å²) in [4.78, 5) is 10.1. The fourth-order valence-electron chi connectivity index (χ4n) is 0.747. The molecule has 0 heterocycles. The van der Waals surface area contributed by atoms with Gasteiger partial charge in [-0.15, -0.1) is 6.42 Å². The first-order valence-electron chi connectivity index (χ1n) is 4.31. The third kappa shape index (κ3) is 7.35. The summed E-state index contributed by atoms with van der Waals surface area (Å²) < 4.78 is 5.33. The maximum absolute atomic E-state index is 10.1. The molecule has 0 aromatic heterocycles. The Bertz CT molecular complexity index is 201. The molecule has 3 heteroatoms. The van der Waals surface area contributed by atoms with Gasteiger partial charge in [-0.25, -0.2) is 0 Å². The van der Waals surface area contributed by atoms with Crippen LogP contribution in [-0.4, -0.2) is 23.3 Å². The molecule has 1 N–H and O–H groups in total. The van der Waals surface area contributed by atoms with Crippen molar-refractivity contribution in [3.63, 3.8) is 0 Å². The van der Waals surface area contributed by atoms with Crippen LogP contribution < -0.4 is 0 Å². The lowest BCUT2D eigenvalue weighted by atomic mass is 10.1. The van der Waals surface area contributed by atoms with E-state index in [9.17, 15) is 4.79 Å². The summed E-state index contributed by atoms with van der Waals surface area (Å²) in [6.45, 7) is 4.14. The average molecular weight is 184 g/mol. The lowest BCUT2D eigenvalue weighted by molar-refractivity contribution is -0.137. The normalized spacial score (nSPS) is 10.8. The molecule has 0 bridgehead atoms. The molecule has 0 saturated heterocycles. The topological polar surface area (TPSA) is 46.5 Å². The van der Waals surface area contributed by atoms with Crippen molar-refractivity contribution in [2.45, 2.75) is 38.7 Å². The molecule has 0 amide bonds. The van der Waals surface area contributed by atoms with Gasteiger partial charge in [-0.2, -0.15) is 0 Å². The van der Waals surface area contributed by atoms with Crippen molar-refractivity contribution < 1.29 is 14.6 Å². The minimum atomic E-state index is -0.767. The van der Waals surface area contributed by atoms with Gasteiger partial charge in [-0.05, 0) is 26.7 Å². The van der Waals surface area contributed by atoms with E-state index in [-0.39, 0.29) is 6.42 Å². The Hall–Kier alpha value is -1.01. The molecular weight excluding hydrogens is 168 g/mol. The molecule has 0 radical (unpaired) electrons. The highest BCUT2D eigenvalue weighted by Crippen LogP contribution is 2.08. The fraction of sp³-hybridized carbons (Fsp3) is 0.700. The van der Waals surface area contributed by atoms with Crippen molar-refractivity contribution in [1.29, 1.82) is 0 Å². The Kier molecular flexibility index (Phi) is 5.17. The number of ether oxygens (including phenoxy) is 1. The Balaban J connectivity index is 3.37. The van der Waals surface area contributed by atoms with E-state index in [1.807, 2.05) is 13.8 Å². The summed E-state index contributed by atoms with van der Waals surface area (Å²) in [5, 5.41) is 8.35. The highest BCUT2D eigenvalue weighted by Gasteiger charge is 2.12. The van der Waals surface area contributed by atoms with Crippen molar-refractivity contribution in [2.75, 3.05) is 6.61 Å². The molecule has 0 aromatic carbocycles. The lowest BCUT2D eigenvalue weighted by Gasteiger charge is -2.18. The minimum Gasteiger partial charge on any atom is -0.481 e. The highest BCUT2D eigenvalue weighted by atomic mass is 16.5. The van der Waals surface area contributed by atoms with Crippen molar-refractivity contribution in [3.05, 3.63) is 0 Å². The van der Waals surface area contributed by atoms with Gasteiger partial charge in [0, 0.05) is 13.0 Å². The van der Waals surface area contributed by atoms with E-state index in [2.05, 4.69) is 5.92 Å². The zero-order valence-electron chi connectivity index (χ0n) is 8.17. The van der Waals surface area contributed by atoms with E-state index in [4.69, 9.17) is 16.3 Å². The Morgan fingerprint density at radius 2 is 2.15 bits per heavy atom. The monoisotopic (exact) mass is 184 g/mol. The second kappa shape index (κ2) is 5.60. The number of carbonyl (C=O) groups is 1. The van der Waals surface area contributed by atoms with Crippen LogP contribution in [0.4, 0.5) is 0 Å².